The Kier molecular flexibility index (Phi) is 20.5. The molecule has 0 radical (unpaired) electrons. The van der Waals surface area contributed by atoms with Gasteiger partial charge in [-0.25, -0.2) is 9.59 Å². The molecular weight excluding hydrogens is 923 g/mol. The molecule has 4 aromatic carbocycles. The number of fused-ring (bicyclic) bond motifs is 1. The molecule has 0 spiro atoms. The van der Waals surface area contributed by atoms with E-state index in [4.69, 9.17) is 19.9 Å². The number of carbonyl (C=O) groups excluding carboxylic acids is 8. The molecule has 0 saturated carbocycles. The summed E-state index contributed by atoms with van der Waals surface area (Å²) < 4.78 is 16.4. The number of alkyl carbamates (subject to hydrolysis) is 1. The summed E-state index contributed by atoms with van der Waals surface area (Å²) in [5.41, 5.74) is 8.21. The lowest BCUT2D eigenvalue weighted by molar-refractivity contribution is -0.149. The molecule has 1 aromatic heterocycles. The van der Waals surface area contributed by atoms with E-state index in [0.717, 1.165) is 10.9 Å². The van der Waals surface area contributed by atoms with Gasteiger partial charge in [0, 0.05) is 37.0 Å². The number of nitrogens with one attached hydrogen (secondary N) is 5. The molecule has 18 nitrogen and oxygen atoms in total. The van der Waals surface area contributed by atoms with Crippen molar-refractivity contribution in [2.45, 2.75) is 122 Å². The van der Waals surface area contributed by atoms with Gasteiger partial charge in [-0.3, -0.25) is 28.8 Å². The van der Waals surface area contributed by atoms with Gasteiger partial charge in [0.2, 0.25) is 29.5 Å². The van der Waals surface area contributed by atoms with Crippen LogP contribution in [0.2, 0.25) is 0 Å². The van der Waals surface area contributed by atoms with E-state index in [1.165, 1.54) is 11.9 Å². The Labute approximate surface area is 419 Å². The van der Waals surface area contributed by atoms with Crippen molar-refractivity contribution >= 4 is 58.5 Å². The molecule has 0 unspecified atom stereocenters. The fraction of sp³-hybridized carbons (Fsp3) is 0.370. The molecule has 1 heterocycles. The molecule has 0 aliphatic heterocycles. The molecule has 0 aliphatic carbocycles. The van der Waals surface area contributed by atoms with Gasteiger partial charge in [0.25, 0.3) is 0 Å². The predicted octanol–water partition coefficient (Wildman–Crippen LogP) is 5.07. The van der Waals surface area contributed by atoms with Crippen LogP contribution in [-0.2, 0) is 73.8 Å². The number of hydrogen-bond acceptors (Lipinski definition) is 11. The van der Waals surface area contributed by atoms with Gasteiger partial charge in [-0.2, -0.15) is 0 Å². The second-order valence-corrected chi connectivity index (χ2v) is 18.4. The van der Waals surface area contributed by atoms with Crippen LogP contribution in [0.25, 0.3) is 10.9 Å². The number of rotatable bonds is 25. The van der Waals surface area contributed by atoms with Crippen LogP contribution < -0.4 is 27.0 Å². The van der Waals surface area contributed by atoms with E-state index in [9.17, 15) is 38.4 Å². The minimum Gasteiger partial charge on any atom is -0.461 e. The number of nitrogens with zero attached hydrogens (tertiary/aromatic N) is 1. The van der Waals surface area contributed by atoms with Crippen LogP contribution in [0.3, 0.4) is 0 Å². The zero-order chi connectivity index (χ0) is 52.2. The zero-order valence-corrected chi connectivity index (χ0v) is 41.3. The summed E-state index contributed by atoms with van der Waals surface area (Å²) in [7, 11) is 1.39. The number of aromatic amines is 1. The third-order valence-corrected chi connectivity index (χ3v) is 11.5. The Morgan fingerprint density at radius 1 is 0.639 bits per heavy atom. The number of H-pyrrole nitrogens is 1. The first-order chi connectivity index (χ1) is 34.4. The first-order valence-corrected chi connectivity index (χ1v) is 23.8. The predicted molar refractivity (Wildman–Crippen MR) is 268 cm³/mol. The summed E-state index contributed by atoms with van der Waals surface area (Å²) in [6, 6.07) is 26.8. The van der Waals surface area contributed by atoms with Crippen molar-refractivity contribution in [1.82, 2.24) is 31.2 Å². The van der Waals surface area contributed by atoms with Crippen molar-refractivity contribution in [1.29, 1.82) is 0 Å². The number of carbonyl (C=O) groups is 8. The molecule has 0 bridgehead atoms. The lowest BCUT2D eigenvalue weighted by Crippen LogP contribution is -2.59. The van der Waals surface area contributed by atoms with Crippen molar-refractivity contribution in [3.8, 4) is 0 Å². The number of aromatic nitrogens is 1. The number of unbranched alkanes of at least 4 members (excludes halogenated alkanes) is 1. The first-order valence-electron chi connectivity index (χ1n) is 23.8. The summed E-state index contributed by atoms with van der Waals surface area (Å²) in [6.07, 6.45) is 0.476. The van der Waals surface area contributed by atoms with Crippen molar-refractivity contribution < 1.29 is 52.6 Å². The first kappa shape index (κ1) is 54.9. The second kappa shape index (κ2) is 26.8. The highest BCUT2D eigenvalue weighted by atomic mass is 16.6. The van der Waals surface area contributed by atoms with Gasteiger partial charge >= 0.3 is 18.0 Å². The molecule has 72 heavy (non-hydrogen) atoms. The van der Waals surface area contributed by atoms with E-state index in [-0.39, 0.29) is 32.5 Å². The van der Waals surface area contributed by atoms with Gasteiger partial charge in [-0.1, -0.05) is 129 Å². The van der Waals surface area contributed by atoms with E-state index in [1.54, 1.807) is 118 Å². The molecule has 18 heteroatoms. The molecule has 0 aliphatic rings. The molecule has 6 amide bonds. The smallest absolute Gasteiger partial charge is 0.408 e. The zero-order valence-electron chi connectivity index (χ0n) is 41.3. The largest absolute Gasteiger partial charge is 0.461 e. The Morgan fingerprint density at radius 2 is 1.21 bits per heavy atom. The van der Waals surface area contributed by atoms with Crippen molar-refractivity contribution in [2.75, 3.05) is 7.05 Å². The maximum absolute atomic E-state index is 14.9. The Balaban J connectivity index is 1.42. The number of nitrogens with two attached hydrogens (primary N) is 1. The van der Waals surface area contributed by atoms with Crippen molar-refractivity contribution in [3.63, 3.8) is 0 Å². The summed E-state index contributed by atoms with van der Waals surface area (Å²) >= 11 is 0. The monoisotopic (exact) mass is 987 g/mol. The van der Waals surface area contributed by atoms with Gasteiger partial charge in [-0.05, 0) is 55.5 Å². The Hall–Kier alpha value is -8.02. The maximum atomic E-state index is 14.9. The molecule has 0 saturated heterocycles. The molecule has 382 valence electrons. The average Bonchev–Trinajstić information content (AvgIpc) is 3.76. The van der Waals surface area contributed by atoms with Crippen molar-refractivity contribution in [2.24, 2.45) is 5.73 Å². The highest BCUT2D eigenvalue weighted by Crippen LogP contribution is 2.21. The van der Waals surface area contributed by atoms with Gasteiger partial charge in [0.1, 0.15) is 49.0 Å². The molecule has 7 N–H and O–H groups in total. The van der Waals surface area contributed by atoms with E-state index in [1.807, 2.05) is 31.2 Å². The number of ether oxygens (including phenoxy) is 3. The fourth-order valence-electron chi connectivity index (χ4n) is 7.71. The number of para-hydroxylation sites is 1. The van der Waals surface area contributed by atoms with E-state index >= 15 is 0 Å². The van der Waals surface area contributed by atoms with Crippen LogP contribution in [0.5, 0.6) is 0 Å². The number of hydrogen-bond donors (Lipinski definition) is 6. The van der Waals surface area contributed by atoms with Crippen LogP contribution in [0.1, 0.15) is 82.1 Å². The summed E-state index contributed by atoms with van der Waals surface area (Å²) in [5, 5.41) is 11.2. The van der Waals surface area contributed by atoms with Crippen LogP contribution >= 0.6 is 0 Å². The minimum atomic E-state index is -1.59. The summed E-state index contributed by atoms with van der Waals surface area (Å²) in [5.74, 6) is -5.87. The minimum absolute atomic E-state index is 0.0214. The molecule has 5 rings (SSSR count). The van der Waals surface area contributed by atoms with E-state index < -0.39 is 96.2 Å². The topological polar surface area (TPSA) is 257 Å². The van der Waals surface area contributed by atoms with E-state index in [0.29, 0.717) is 35.1 Å². The van der Waals surface area contributed by atoms with E-state index in [2.05, 4.69) is 26.3 Å². The van der Waals surface area contributed by atoms with Gasteiger partial charge in [-0.15, -0.1) is 0 Å². The maximum Gasteiger partial charge on any atom is 0.408 e. The van der Waals surface area contributed by atoms with Gasteiger partial charge in [0.15, 0.2) is 0 Å². The number of esters is 2. The summed E-state index contributed by atoms with van der Waals surface area (Å²) in [4.78, 5) is 115. The van der Waals surface area contributed by atoms with Crippen LogP contribution in [0.4, 0.5) is 4.79 Å². The van der Waals surface area contributed by atoms with Crippen LogP contribution in [0, 0.1) is 0 Å². The lowest BCUT2D eigenvalue weighted by Gasteiger charge is -2.32. The molecule has 0 fully saturated rings. The highest BCUT2D eigenvalue weighted by molar-refractivity contribution is 5.97. The highest BCUT2D eigenvalue weighted by Gasteiger charge is 2.37. The standard InChI is InChI=1S/C54H65N7O11/c1-6-7-27-45(50(66)59-42(31-47(63)70-33-36-21-13-9-14-22-36)49(65)58-41(48(55)64)28-35-19-11-8-12-20-35)61(5)51(67)43(29-38-32-56-40-26-18-17-25-39(38)40)57-46(62)30-44(60-53(69)72-54(2,3)4)52(68)71-34-37-23-15-10-16-24-37/h8-26,32,41-45,56H,6-7,27-31,33-34H2,1-5H3,(H2,55,64)(H,57,62)(H,58,65)(H,59,66)(H,60,69)/t41-,42-,43-,44-,45-/m0/s1. The van der Waals surface area contributed by atoms with Crippen molar-refractivity contribution in [3.05, 3.63) is 144 Å². The molecule has 5 atom stereocenters. The average molecular weight is 988 g/mol. The van der Waals surface area contributed by atoms with Crippen LogP contribution in [0.15, 0.2) is 121 Å². The number of benzene rings is 4. The number of primary amides is 1. The molecule has 5 aromatic rings. The second-order valence-electron chi connectivity index (χ2n) is 18.4. The molecular formula is C54H65N7O11. The van der Waals surface area contributed by atoms with Gasteiger partial charge < -0.3 is 51.1 Å². The fourth-order valence-corrected chi connectivity index (χ4v) is 7.71. The van der Waals surface area contributed by atoms with Crippen LogP contribution in [-0.4, -0.2) is 100 Å². The number of likely N-dealkylation sites (N-methyl/N-ethyl adjacent to an activating group) is 1. The number of amides is 6. The third-order valence-electron chi connectivity index (χ3n) is 11.5. The SMILES string of the molecule is CCCC[C@@H](C(=O)N[C@@H](CC(=O)OCc1ccccc1)C(=O)N[C@@H](Cc1ccccc1)C(N)=O)N(C)C(=O)[C@H](Cc1c[nH]c2ccccc12)NC(=O)C[C@H](NC(=O)OC(C)(C)C)C(=O)OCc1ccccc1. The van der Waals surface area contributed by atoms with Gasteiger partial charge in [0.05, 0.1) is 12.8 Å². The quantitative estimate of drug-likeness (QED) is 0.0332. The lowest BCUT2D eigenvalue weighted by atomic mass is 10.0. The normalized spacial score (nSPS) is 13.2. The Morgan fingerprint density at radius 3 is 1.81 bits per heavy atom. The Bertz CT molecular complexity index is 2620. The third kappa shape index (κ3) is 17.4. The summed E-state index contributed by atoms with van der Waals surface area (Å²) in [6.45, 7) is 6.52.